The van der Waals surface area contributed by atoms with Crippen molar-refractivity contribution in [3.8, 4) is 0 Å². The van der Waals surface area contributed by atoms with E-state index in [2.05, 4.69) is 11.7 Å². The first-order chi connectivity index (χ1) is 6.63. The Morgan fingerprint density at radius 2 is 2.50 bits per heavy atom. The number of hydrogen-bond donors (Lipinski definition) is 0. The van der Waals surface area contributed by atoms with Gasteiger partial charge in [0.25, 0.3) is 0 Å². The van der Waals surface area contributed by atoms with Gasteiger partial charge in [0.15, 0.2) is 0 Å². The lowest BCUT2D eigenvalue weighted by atomic mass is 10.4. The van der Waals surface area contributed by atoms with Crippen LogP contribution in [0.3, 0.4) is 0 Å². The molecular weight excluding hydrogens is 204 g/mol. The minimum atomic E-state index is -0.376. The lowest BCUT2D eigenvalue weighted by molar-refractivity contribution is 0.0526. The lowest BCUT2D eigenvalue weighted by Crippen LogP contribution is -2.03. The second-order valence-corrected chi connectivity index (χ2v) is 3.20. The highest BCUT2D eigenvalue weighted by molar-refractivity contribution is 6.29. The quantitative estimate of drug-likeness (QED) is 0.718. The second-order valence-electron chi connectivity index (χ2n) is 2.66. The van der Waals surface area contributed by atoms with Crippen LogP contribution in [0.4, 0.5) is 0 Å². The van der Waals surface area contributed by atoms with Crippen molar-refractivity contribution in [2.24, 2.45) is 0 Å². The van der Waals surface area contributed by atoms with Gasteiger partial charge in [0, 0.05) is 11.2 Å². The van der Waals surface area contributed by atoms with Crippen LogP contribution in [0.5, 0.6) is 0 Å². The molecule has 0 bridgehead atoms. The molecule has 0 saturated heterocycles. The van der Waals surface area contributed by atoms with E-state index in [1.807, 2.05) is 0 Å². The number of esters is 1. The molecule has 76 valence electrons. The minimum absolute atomic E-state index is 0.353. The van der Waals surface area contributed by atoms with E-state index in [1.165, 1.54) is 10.9 Å². The van der Waals surface area contributed by atoms with Crippen LogP contribution in [0, 0.1) is 0 Å². The third kappa shape index (κ3) is 2.88. The maximum atomic E-state index is 11.2. The molecule has 1 rings (SSSR count). The van der Waals surface area contributed by atoms with Crippen molar-refractivity contribution >= 4 is 17.6 Å². The van der Waals surface area contributed by atoms with Crippen LogP contribution >= 0.6 is 11.6 Å². The van der Waals surface area contributed by atoms with Gasteiger partial charge in [0.1, 0.15) is 0 Å². The predicted octanol–water partition coefficient (Wildman–Crippen LogP) is 1.81. The number of hydrogen-bond acceptors (Lipinski definition) is 3. The molecule has 0 aliphatic heterocycles. The van der Waals surface area contributed by atoms with E-state index < -0.39 is 0 Å². The normalized spacial score (nSPS) is 9.86. The molecule has 0 aliphatic rings. The van der Waals surface area contributed by atoms with Gasteiger partial charge in [-0.05, 0) is 6.92 Å². The molecule has 0 aromatic carbocycles. The predicted molar refractivity (Wildman–Crippen MR) is 53.2 cm³/mol. The summed E-state index contributed by atoms with van der Waals surface area (Å²) >= 11 is 5.59. The first-order valence-electron chi connectivity index (χ1n) is 4.16. The summed E-state index contributed by atoms with van der Waals surface area (Å²) in [5.74, 6) is -0.376. The fourth-order valence-corrected chi connectivity index (χ4v) is 1.07. The molecule has 5 heteroatoms. The Balaban J connectivity index is 2.67. The van der Waals surface area contributed by atoms with Crippen molar-refractivity contribution in [1.29, 1.82) is 0 Å². The number of carbonyl (C=O) groups is 1. The maximum absolute atomic E-state index is 11.2. The van der Waals surface area contributed by atoms with Gasteiger partial charge in [-0.15, -0.1) is 0 Å². The van der Waals surface area contributed by atoms with Crippen LogP contribution in [0.2, 0.25) is 0 Å². The summed E-state index contributed by atoms with van der Waals surface area (Å²) in [6.07, 6.45) is 3.02. The summed E-state index contributed by atoms with van der Waals surface area (Å²) in [5, 5.41) is 4.39. The number of carbonyl (C=O) groups excluding carboxylic acids is 1. The summed E-state index contributed by atoms with van der Waals surface area (Å²) in [6.45, 7) is 6.03. The number of nitrogens with zero attached hydrogens (tertiary/aromatic N) is 2. The number of halogens is 1. The molecule has 0 N–H and O–H groups in total. The van der Waals surface area contributed by atoms with Crippen molar-refractivity contribution in [3.05, 3.63) is 29.6 Å². The van der Waals surface area contributed by atoms with Crippen LogP contribution in [0.1, 0.15) is 17.3 Å². The van der Waals surface area contributed by atoms with Crippen LogP contribution in [0.25, 0.3) is 0 Å². The molecule has 0 unspecified atom stereocenters. The Bertz CT molecular complexity index is 346. The fourth-order valence-electron chi connectivity index (χ4n) is 0.946. The van der Waals surface area contributed by atoms with E-state index >= 15 is 0 Å². The Hall–Kier alpha value is -1.29. The Morgan fingerprint density at radius 3 is 3.07 bits per heavy atom. The van der Waals surface area contributed by atoms with Gasteiger partial charge in [0.05, 0.1) is 24.9 Å². The molecule has 1 aromatic rings. The van der Waals surface area contributed by atoms with Gasteiger partial charge in [-0.1, -0.05) is 18.2 Å². The highest BCUT2D eigenvalue weighted by Gasteiger charge is 2.08. The fraction of sp³-hybridized carbons (Fsp3) is 0.333. The SMILES string of the molecule is C=C(Cl)Cn1cc(C(=O)OCC)cn1. The average molecular weight is 215 g/mol. The molecule has 0 aliphatic carbocycles. The molecule has 1 aromatic heterocycles. The molecule has 4 nitrogen and oxygen atoms in total. The topological polar surface area (TPSA) is 44.1 Å². The minimum Gasteiger partial charge on any atom is -0.462 e. The zero-order valence-electron chi connectivity index (χ0n) is 7.86. The first kappa shape index (κ1) is 10.8. The smallest absolute Gasteiger partial charge is 0.341 e. The Morgan fingerprint density at radius 1 is 1.79 bits per heavy atom. The second kappa shape index (κ2) is 4.81. The Labute approximate surface area is 87.1 Å². The summed E-state index contributed by atoms with van der Waals surface area (Å²) < 4.78 is 6.33. The maximum Gasteiger partial charge on any atom is 0.341 e. The van der Waals surface area contributed by atoms with Gasteiger partial charge in [0.2, 0.25) is 0 Å². The molecule has 0 radical (unpaired) electrons. The summed E-state index contributed by atoms with van der Waals surface area (Å²) in [4.78, 5) is 11.2. The highest BCUT2D eigenvalue weighted by Crippen LogP contribution is 2.04. The number of aromatic nitrogens is 2. The average Bonchev–Trinajstić information content (AvgIpc) is 2.52. The first-order valence-corrected chi connectivity index (χ1v) is 4.54. The van der Waals surface area contributed by atoms with E-state index in [1.54, 1.807) is 13.1 Å². The van der Waals surface area contributed by atoms with E-state index in [-0.39, 0.29) is 5.97 Å². The van der Waals surface area contributed by atoms with E-state index in [0.29, 0.717) is 23.7 Å². The van der Waals surface area contributed by atoms with Crippen molar-refractivity contribution in [2.45, 2.75) is 13.5 Å². The zero-order valence-corrected chi connectivity index (χ0v) is 8.62. The number of rotatable bonds is 4. The number of allylic oxidation sites excluding steroid dienone is 1. The Kier molecular flexibility index (Phi) is 3.71. The van der Waals surface area contributed by atoms with Gasteiger partial charge < -0.3 is 4.74 Å². The molecule has 0 amide bonds. The standard InChI is InChI=1S/C9H11ClN2O2/c1-3-14-9(13)8-4-11-12(6-8)5-7(2)10/h4,6H,2-3,5H2,1H3. The van der Waals surface area contributed by atoms with Crippen LogP contribution in [-0.4, -0.2) is 22.4 Å². The molecule has 0 spiro atoms. The number of ether oxygens (including phenoxy) is 1. The van der Waals surface area contributed by atoms with Gasteiger partial charge in [-0.25, -0.2) is 4.79 Å². The monoisotopic (exact) mass is 214 g/mol. The van der Waals surface area contributed by atoms with Gasteiger partial charge in [-0.3, -0.25) is 4.68 Å². The highest BCUT2D eigenvalue weighted by atomic mass is 35.5. The molecule has 14 heavy (non-hydrogen) atoms. The van der Waals surface area contributed by atoms with Crippen molar-refractivity contribution in [3.63, 3.8) is 0 Å². The third-order valence-corrected chi connectivity index (χ3v) is 1.60. The largest absolute Gasteiger partial charge is 0.462 e. The van der Waals surface area contributed by atoms with Gasteiger partial charge >= 0.3 is 5.97 Å². The summed E-state index contributed by atoms with van der Waals surface area (Å²) in [7, 11) is 0. The van der Waals surface area contributed by atoms with Crippen LogP contribution in [0.15, 0.2) is 24.0 Å². The van der Waals surface area contributed by atoms with Gasteiger partial charge in [-0.2, -0.15) is 5.10 Å². The molecular formula is C9H11ClN2O2. The third-order valence-electron chi connectivity index (χ3n) is 1.48. The van der Waals surface area contributed by atoms with Crippen molar-refractivity contribution in [2.75, 3.05) is 6.61 Å². The zero-order chi connectivity index (χ0) is 10.6. The molecule has 0 fully saturated rings. The van der Waals surface area contributed by atoms with Crippen LogP contribution in [-0.2, 0) is 11.3 Å². The summed E-state index contributed by atoms with van der Waals surface area (Å²) in [5.41, 5.74) is 0.421. The molecule has 1 heterocycles. The van der Waals surface area contributed by atoms with Crippen molar-refractivity contribution in [1.82, 2.24) is 9.78 Å². The van der Waals surface area contributed by atoms with E-state index in [9.17, 15) is 4.79 Å². The lowest BCUT2D eigenvalue weighted by Gasteiger charge is -1.97. The van der Waals surface area contributed by atoms with Crippen molar-refractivity contribution < 1.29 is 9.53 Å². The van der Waals surface area contributed by atoms with E-state index in [4.69, 9.17) is 16.3 Å². The summed E-state index contributed by atoms with van der Waals surface area (Å²) in [6, 6.07) is 0. The van der Waals surface area contributed by atoms with Crippen LogP contribution < -0.4 is 0 Å². The molecule has 0 saturated carbocycles. The van der Waals surface area contributed by atoms with E-state index in [0.717, 1.165) is 0 Å². The molecule has 0 atom stereocenters.